The molecule has 9 heteroatoms. The van der Waals surface area contributed by atoms with Gasteiger partial charge < -0.3 is 10.2 Å². The fourth-order valence-corrected chi connectivity index (χ4v) is 5.99. The van der Waals surface area contributed by atoms with Gasteiger partial charge in [0.05, 0.1) is 10.6 Å². The van der Waals surface area contributed by atoms with Crippen LogP contribution in [0.1, 0.15) is 44.2 Å². The van der Waals surface area contributed by atoms with Crippen molar-refractivity contribution in [3.05, 3.63) is 95.0 Å². The van der Waals surface area contributed by atoms with E-state index in [0.717, 1.165) is 28.3 Å². The average molecular weight is 584 g/mol. The molecule has 0 spiro atoms. The molecule has 0 heterocycles. The van der Waals surface area contributed by atoms with E-state index in [1.54, 1.807) is 30.3 Å². The highest BCUT2D eigenvalue weighted by Gasteiger charge is 2.33. The quantitative estimate of drug-likeness (QED) is 0.250. The number of hydrogen-bond donors (Lipinski definition) is 1. The summed E-state index contributed by atoms with van der Waals surface area (Å²) < 4.78 is 28.8. The molecule has 40 heavy (non-hydrogen) atoms. The van der Waals surface area contributed by atoms with Gasteiger partial charge in [0, 0.05) is 18.1 Å². The van der Waals surface area contributed by atoms with Crippen LogP contribution in [-0.4, -0.2) is 50.8 Å². The summed E-state index contributed by atoms with van der Waals surface area (Å²) in [6, 6.07) is 21.8. The summed E-state index contributed by atoms with van der Waals surface area (Å²) in [5.74, 6) is -0.711. The molecule has 0 aliphatic carbocycles. The summed E-state index contributed by atoms with van der Waals surface area (Å²) in [5.41, 5.74) is 2.20. The Bertz CT molecular complexity index is 1360. The van der Waals surface area contributed by atoms with Crippen LogP contribution < -0.4 is 9.62 Å². The van der Waals surface area contributed by atoms with Crippen LogP contribution in [0.2, 0.25) is 5.02 Å². The van der Waals surface area contributed by atoms with E-state index < -0.39 is 28.5 Å². The van der Waals surface area contributed by atoms with Gasteiger partial charge >= 0.3 is 0 Å². The molecule has 0 bridgehead atoms. The molecule has 3 aromatic rings. The number of aryl methyl sites for hydroxylation is 1. The standard InChI is InChI=1S/C31H38ClN3O4S/c1-4-6-20-33-31(37)29(5-2)34(21-19-25-11-8-7-9-12-25)30(36)23-35(27-14-10-13-26(32)22-27)40(38,39)28-17-15-24(3)16-18-28/h7-18,22,29H,4-6,19-21,23H2,1-3H3,(H,33,37). The molecule has 0 aliphatic rings. The van der Waals surface area contributed by atoms with Crippen LogP contribution in [0.3, 0.4) is 0 Å². The first-order valence-electron chi connectivity index (χ1n) is 13.6. The number of nitrogens with zero attached hydrogens (tertiary/aromatic N) is 2. The Morgan fingerprint density at radius 3 is 2.27 bits per heavy atom. The van der Waals surface area contributed by atoms with Gasteiger partial charge in [0.2, 0.25) is 11.8 Å². The highest BCUT2D eigenvalue weighted by atomic mass is 35.5. The molecular weight excluding hydrogens is 546 g/mol. The van der Waals surface area contributed by atoms with Crippen LogP contribution >= 0.6 is 11.6 Å². The monoisotopic (exact) mass is 583 g/mol. The molecule has 2 amide bonds. The Morgan fingerprint density at radius 1 is 0.950 bits per heavy atom. The van der Waals surface area contributed by atoms with Crippen LogP contribution in [0.25, 0.3) is 0 Å². The minimum atomic E-state index is -4.13. The van der Waals surface area contributed by atoms with Crippen molar-refractivity contribution in [2.75, 3.05) is 23.9 Å². The minimum absolute atomic E-state index is 0.0612. The van der Waals surface area contributed by atoms with Crippen molar-refractivity contribution < 1.29 is 18.0 Å². The number of carbonyl (C=O) groups is 2. The van der Waals surface area contributed by atoms with Crippen LogP contribution in [0.5, 0.6) is 0 Å². The lowest BCUT2D eigenvalue weighted by Crippen LogP contribution is -2.53. The van der Waals surface area contributed by atoms with Crippen LogP contribution in [-0.2, 0) is 26.0 Å². The summed E-state index contributed by atoms with van der Waals surface area (Å²) in [6.07, 6.45) is 2.67. The van der Waals surface area contributed by atoms with Crippen LogP contribution in [0, 0.1) is 6.92 Å². The third kappa shape index (κ3) is 8.32. The summed E-state index contributed by atoms with van der Waals surface area (Å²) in [7, 11) is -4.13. The lowest BCUT2D eigenvalue weighted by molar-refractivity contribution is -0.139. The van der Waals surface area contributed by atoms with Crippen molar-refractivity contribution >= 4 is 39.1 Å². The van der Waals surface area contributed by atoms with Gasteiger partial charge in [0.15, 0.2) is 0 Å². The fraction of sp³-hybridized carbons (Fsp3) is 0.355. The van der Waals surface area contributed by atoms with Gasteiger partial charge in [-0.1, -0.05) is 86.0 Å². The minimum Gasteiger partial charge on any atom is -0.354 e. The summed E-state index contributed by atoms with van der Waals surface area (Å²) in [5, 5.41) is 3.28. The molecule has 214 valence electrons. The SMILES string of the molecule is CCCCNC(=O)C(CC)N(CCc1ccccc1)C(=O)CN(c1cccc(Cl)c1)S(=O)(=O)c1ccc(C)cc1. The number of rotatable bonds is 14. The maximum absolute atomic E-state index is 14.0. The largest absolute Gasteiger partial charge is 0.354 e. The molecule has 0 saturated carbocycles. The number of amides is 2. The zero-order chi connectivity index (χ0) is 29.1. The predicted molar refractivity (Wildman–Crippen MR) is 161 cm³/mol. The van der Waals surface area contributed by atoms with E-state index in [2.05, 4.69) is 5.32 Å². The van der Waals surface area contributed by atoms with Crippen molar-refractivity contribution in [1.29, 1.82) is 0 Å². The molecule has 1 N–H and O–H groups in total. The fourth-order valence-electron chi connectivity index (χ4n) is 4.40. The van der Waals surface area contributed by atoms with Gasteiger partial charge in [-0.3, -0.25) is 13.9 Å². The molecule has 7 nitrogen and oxygen atoms in total. The number of halogens is 1. The molecule has 3 rings (SSSR count). The average Bonchev–Trinajstić information content (AvgIpc) is 2.94. The van der Waals surface area contributed by atoms with E-state index in [9.17, 15) is 18.0 Å². The third-order valence-electron chi connectivity index (χ3n) is 6.68. The molecular formula is C31H38ClN3O4S. The molecule has 0 radical (unpaired) electrons. The third-order valence-corrected chi connectivity index (χ3v) is 8.71. The summed E-state index contributed by atoms with van der Waals surface area (Å²) >= 11 is 6.23. The van der Waals surface area contributed by atoms with Gasteiger partial charge in [-0.05, 0) is 62.1 Å². The number of hydrogen-bond acceptors (Lipinski definition) is 4. The Hall–Kier alpha value is -3.36. The van der Waals surface area contributed by atoms with E-state index in [4.69, 9.17) is 11.6 Å². The van der Waals surface area contributed by atoms with E-state index in [-0.39, 0.29) is 23.0 Å². The molecule has 1 unspecified atom stereocenters. The molecule has 3 aromatic carbocycles. The molecule has 1 atom stereocenters. The first-order chi connectivity index (χ1) is 19.2. The van der Waals surface area contributed by atoms with Gasteiger partial charge in [0.1, 0.15) is 12.6 Å². The predicted octanol–water partition coefficient (Wildman–Crippen LogP) is 5.61. The maximum Gasteiger partial charge on any atom is 0.264 e. The highest BCUT2D eigenvalue weighted by molar-refractivity contribution is 7.92. The molecule has 0 aliphatic heterocycles. The number of unbranched alkanes of at least 4 members (excludes halogenated alkanes) is 1. The lowest BCUT2D eigenvalue weighted by Gasteiger charge is -2.33. The molecule has 0 saturated heterocycles. The smallest absolute Gasteiger partial charge is 0.264 e. The highest BCUT2D eigenvalue weighted by Crippen LogP contribution is 2.27. The second-order valence-corrected chi connectivity index (χ2v) is 12.0. The van der Waals surface area contributed by atoms with Gasteiger partial charge in [0.25, 0.3) is 10.0 Å². The van der Waals surface area contributed by atoms with Crippen LogP contribution in [0.4, 0.5) is 5.69 Å². The Morgan fingerprint density at radius 2 is 1.65 bits per heavy atom. The Balaban J connectivity index is 1.98. The van der Waals surface area contributed by atoms with Crippen molar-refractivity contribution in [3.8, 4) is 0 Å². The van der Waals surface area contributed by atoms with Crippen LogP contribution in [0.15, 0.2) is 83.8 Å². The second-order valence-electron chi connectivity index (χ2n) is 9.70. The normalized spacial score (nSPS) is 12.0. The maximum atomic E-state index is 14.0. The topological polar surface area (TPSA) is 86.8 Å². The van der Waals surface area contributed by atoms with Crippen molar-refractivity contribution in [3.63, 3.8) is 0 Å². The Kier molecular flexibility index (Phi) is 11.6. The Labute approximate surface area is 243 Å². The zero-order valence-electron chi connectivity index (χ0n) is 23.3. The summed E-state index contributed by atoms with van der Waals surface area (Å²) in [6.45, 7) is 6.06. The first kappa shape index (κ1) is 31.2. The molecule has 0 fully saturated rings. The van der Waals surface area contributed by atoms with Gasteiger partial charge in [-0.15, -0.1) is 0 Å². The van der Waals surface area contributed by atoms with Crippen molar-refractivity contribution in [1.82, 2.24) is 10.2 Å². The number of carbonyl (C=O) groups excluding carboxylic acids is 2. The van der Waals surface area contributed by atoms with Gasteiger partial charge in [-0.2, -0.15) is 0 Å². The number of anilines is 1. The van der Waals surface area contributed by atoms with E-state index in [1.165, 1.54) is 23.1 Å². The number of sulfonamides is 1. The van der Waals surface area contributed by atoms with Gasteiger partial charge in [-0.25, -0.2) is 8.42 Å². The zero-order valence-corrected chi connectivity index (χ0v) is 24.9. The molecule has 0 aromatic heterocycles. The van der Waals surface area contributed by atoms with Crippen molar-refractivity contribution in [2.24, 2.45) is 0 Å². The van der Waals surface area contributed by atoms with Crippen molar-refractivity contribution in [2.45, 2.75) is 57.4 Å². The first-order valence-corrected chi connectivity index (χ1v) is 15.4. The van der Waals surface area contributed by atoms with E-state index >= 15 is 0 Å². The number of benzene rings is 3. The second kappa shape index (κ2) is 14.9. The van der Waals surface area contributed by atoms with E-state index in [1.807, 2.05) is 51.1 Å². The summed E-state index contributed by atoms with van der Waals surface area (Å²) in [4.78, 5) is 28.8. The number of nitrogens with one attached hydrogen (secondary N) is 1. The lowest BCUT2D eigenvalue weighted by atomic mass is 10.1. The van der Waals surface area contributed by atoms with E-state index in [0.29, 0.717) is 24.4 Å².